The van der Waals surface area contributed by atoms with Crippen molar-refractivity contribution in [1.29, 1.82) is 0 Å². The predicted octanol–water partition coefficient (Wildman–Crippen LogP) is 3.75. The molecule has 2 N–H and O–H groups in total. The van der Waals surface area contributed by atoms with Crippen LogP contribution < -0.4 is 0 Å². The molecule has 18 heavy (non-hydrogen) atoms. The molecular formula is C10H10Br2Cl3NO2. The van der Waals surface area contributed by atoms with E-state index >= 15 is 0 Å². The second-order valence-corrected chi connectivity index (χ2v) is 8.22. The molecule has 3 nitrogen and oxygen atoms in total. The molecule has 0 radical (unpaired) electrons. The summed E-state index contributed by atoms with van der Waals surface area (Å²) >= 11 is 24.6. The summed E-state index contributed by atoms with van der Waals surface area (Å²) in [5, 5.41) is 20.3. The number of hydrogen-bond acceptors (Lipinski definition) is 2. The molecule has 0 spiro atoms. The van der Waals surface area contributed by atoms with Crippen LogP contribution in [0.2, 0.25) is 0 Å². The third-order valence-electron chi connectivity index (χ3n) is 3.48. The Morgan fingerprint density at radius 3 is 2.44 bits per heavy atom. The molecule has 0 amide bonds. The summed E-state index contributed by atoms with van der Waals surface area (Å²) in [6.07, 6.45) is 0. The molecule has 1 aliphatic heterocycles. The van der Waals surface area contributed by atoms with Gasteiger partial charge in [0, 0.05) is 12.0 Å². The summed E-state index contributed by atoms with van der Waals surface area (Å²) < 4.78 is 1.38. The van der Waals surface area contributed by atoms with Crippen molar-refractivity contribution >= 4 is 66.7 Å². The highest BCUT2D eigenvalue weighted by atomic mass is 79.9. The molecule has 1 aromatic rings. The van der Waals surface area contributed by atoms with Crippen molar-refractivity contribution < 1.29 is 10.2 Å². The van der Waals surface area contributed by atoms with Gasteiger partial charge in [0.15, 0.2) is 5.60 Å². The molecule has 0 saturated carbocycles. The van der Waals surface area contributed by atoms with Crippen molar-refractivity contribution in [3.63, 3.8) is 0 Å². The summed E-state index contributed by atoms with van der Waals surface area (Å²) in [5.41, 5.74) is -1.27. The molecule has 1 aliphatic rings. The fraction of sp³-hybridized carbons (Fsp3) is 0.600. The van der Waals surface area contributed by atoms with Gasteiger partial charge >= 0.3 is 0 Å². The summed E-state index contributed by atoms with van der Waals surface area (Å²) in [5.74, 6) is -0.593. The number of rotatable bonds is 1. The first-order chi connectivity index (χ1) is 8.16. The van der Waals surface area contributed by atoms with E-state index in [2.05, 4.69) is 31.9 Å². The lowest BCUT2D eigenvalue weighted by atomic mass is 9.85. The van der Waals surface area contributed by atoms with E-state index in [9.17, 15) is 10.2 Å². The van der Waals surface area contributed by atoms with Gasteiger partial charge in [-0.1, -0.05) is 34.8 Å². The van der Waals surface area contributed by atoms with Gasteiger partial charge in [0.2, 0.25) is 3.79 Å². The molecule has 2 rings (SSSR count). The number of fused-ring (bicyclic) bond motifs is 1. The average molecular weight is 442 g/mol. The van der Waals surface area contributed by atoms with E-state index in [0.29, 0.717) is 5.69 Å². The number of hydrogen-bond donors (Lipinski definition) is 2. The van der Waals surface area contributed by atoms with Gasteiger partial charge in [0.05, 0.1) is 21.4 Å². The van der Waals surface area contributed by atoms with Crippen LogP contribution in [0.3, 0.4) is 0 Å². The highest BCUT2D eigenvalue weighted by Gasteiger charge is 2.61. The van der Waals surface area contributed by atoms with E-state index in [1.807, 2.05) is 11.5 Å². The zero-order valence-corrected chi connectivity index (χ0v) is 14.6. The van der Waals surface area contributed by atoms with Crippen LogP contribution in [0.25, 0.3) is 0 Å². The van der Waals surface area contributed by atoms with Crippen LogP contribution in [0.15, 0.2) is 15.1 Å². The zero-order valence-electron chi connectivity index (χ0n) is 9.17. The Morgan fingerprint density at radius 1 is 1.44 bits per heavy atom. The molecule has 8 heteroatoms. The summed E-state index contributed by atoms with van der Waals surface area (Å²) in [4.78, 5) is 0. The van der Waals surface area contributed by atoms with Gasteiger partial charge in [-0.05, 0) is 44.8 Å². The van der Waals surface area contributed by atoms with Gasteiger partial charge in [0.1, 0.15) is 0 Å². The van der Waals surface area contributed by atoms with Crippen LogP contribution >= 0.6 is 66.7 Å². The quantitative estimate of drug-likeness (QED) is 0.651. The van der Waals surface area contributed by atoms with Crippen LogP contribution in [-0.2, 0) is 5.60 Å². The van der Waals surface area contributed by atoms with Crippen LogP contribution in [0.1, 0.15) is 18.7 Å². The molecule has 0 aliphatic carbocycles. The first-order valence-corrected chi connectivity index (χ1v) is 7.85. The number of aromatic nitrogens is 1. The lowest BCUT2D eigenvalue weighted by Gasteiger charge is -2.36. The van der Waals surface area contributed by atoms with E-state index in [-0.39, 0.29) is 12.6 Å². The molecule has 0 unspecified atom stereocenters. The smallest absolute Gasteiger partial charge is 0.224 e. The van der Waals surface area contributed by atoms with Gasteiger partial charge in [-0.3, -0.25) is 0 Å². The van der Waals surface area contributed by atoms with Gasteiger partial charge in [-0.25, -0.2) is 0 Å². The van der Waals surface area contributed by atoms with Crippen molar-refractivity contribution in [3.8, 4) is 0 Å². The SMILES string of the molecule is C[C@@H]1[C@@H](CO)[C@](O)(C(Cl)(Cl)Cl)c2cc(Br)c(Br)n21. The van der Waals surface area contributed by atoms with Crippen LogP contribution in [0.4, 0.5) is 0 Å². The highest BCUT2D eigenvalue weighted by Crippen LogP contribution is 2.58. The molecule has 2 heterocycles. The van der Waals surface area contributed by atoms with Crippen molar-refractivity contribution in [2.45, 2.75) is 22.4 Å². The Kier molecular flexibility index (Phi) is 4.11. The molecule has 0 bridgehead atoms. The fourth-order valence-electron chi connectivity index (χ4n) is 2.52. The fourth-order valence-corrected chi connectivity index (χ4v) is 4.27. The van der Waals surface area contributed by atoms with Gasteiger partial charge in [0.25, 0.3) is 0 Å². The Labute approximate surface area is 136 Å². The summed E-state index contributed by atoms with van der Waals surface area (Å²) in [6, 6.07) is 1.49. The molecular weight excluding hydrogens is 432 g/mol. The van der Waals surface area contributed by atoms with Crippen molar-refractivity contribution in [1.82, 2.24) is 4.57 Å². The van der Waals surface area contributed by atoms with E-state index in [1.165, 1.54) is 0 Å². The number of alkyl halides is 3. The minimum absolute atomic E-state index is 0.203. The topological polar surface area (TPSA) is 45.4 Å². The van der Waals surface area contributed by atoms with Crippen molar-refractivity contribution in [2.24, 2.45) is 5.92 Å². The highest BCUT2D eigenvalue weighted by molar-refractivity contribution is 9.13. The van der Waals surface area contributed by atoms with Crippen molar-refractivity contribution in [2.75, 3.05) is 6.61 Å². The maximum atomic E-state index is 10.8. The number of aliphatic hydroxyl groups is 2. The molecule has 1 aromatic heterocycles. The maximum absolute atomic E-state index is 10.8. The monoisotopic (exact) mass is 439 g/mol. The maximum Gasteiger partial charge on any atom is 0.224 e. The first-order valence-electron chi connectivity index (χ1n) is 5.13. The first kappa shape index (κ1) is 15.4. The van der Waals surface area contributed by atoms with Crippen LogP contribution in [-0.4, -0.2) is 25.2 Å². The van der Waals surface area contributed by atoms with Crippen LogP contribution in [0.5, 0.6) is 0 Å². The second kappa shape index (κ2) is 4.79. The Hall–Kier alpha value is 1.03. The van der Waals surface area contributed by atoms with Crippen LogP contribution in [0, 0.1) is 5.92 Å². The van der Waals surface area contributed by atoms with Crippen molar-refractivity contribution in [3.05, 3.63) is 20.8 Å². The standard InChI is InChI=1S/C10H10Br2Cl3NO2/c1-4-5(3-17)9(18,10(13,14)15)7-2-6(11)8(12)16(4)7/h2,4-5,17-18H,3H2,1H3/t4-,5-,9-/m1/s1. The third-order valence-corrected chi connectivity index (χ3v) is 6.29. The van der Waals surface area contributed by atoms with E-state index in [4.69, 9.17) is 34.8 Å². The molecule has 0 fully saturated rings. The van der Waals surface area contributed by atoms with E-state index in [0.717, 1.165) is 9.08 Å². The van der Waals surface area contributed by atoms with E-state index < -0.39 is 15.3 Å². The number of nitrogens with zero attached hydrogens (tertiary/aromatic N) is 1. The minimum atomic E-state index is -1.93. The molecule has 0 saturated heterocycles. The lowest BCUT2D eigenvalue weighted by molar-refractivity contribution is -0.0377. The Morgan fingerprint density at radius 2 is 2.00 bits per heavy atom. The van der Waals surface area contributed by atoms with Gasteiger partial charge < -0.3 is 14.8 Å². The predicted molar refractivity (Wildman–Crippen MR) is 79.3 cm³/mol. The van der Waals surface area contributed by atoms with Gasteiger partial charge in [-0.15, -0.1) is 0 Å². The number of aliphatic hydroxyl groups excluding tert-OH is 1. The summed E-state index contributed by atoms with van der Waals surface area (Å²) in [7, 11) is 0. The second-order valence-electron chi connectivity index (χ2n) is 4.33. The molecule has 102 valence electrons. The van der Waals surface area contributed by atoms with E-state index in [1.54, 1.807) is 6.07 Å². The largest absolute Gasteiger partial charge is 0.396 e. The molecule has 3 atom stereocenters. The Bertz CT molecular complexity index is 488. The lowest BCUT2D eigenvalue weighted by Crippen LogP contribution is -2.46. The summed E-state index contributed by atoms with van der Waals surface area (Å²) in [6.45, 7) is 1.58. The molecule has 0 aromatic carbocycles. The normalized spacial score (nSPS) is 31.8. The zero-order chi connectivity index (χ0) is 13.9. The third kappa shape index (κ3) is 1.90. The van der Waals surface area contributed by atoms with Gasteiger partial charge in [-0.2, -0.15) is 0 Å². The number of halogens is 5. The Balaban J connectivity index is 2.71. The minimum Gasteiger partial charge on any atom is -0.396 e. The average Bonchev–Trinajstić information content (AvgIpc) is 2.64.